The van der Waals surface area contributed by atoms with E-state index in [1.807, 2.05) is 4.90 Å². The van der Waals surface area contributed by atoms with E-state index in [0.29, 0.717) is 42.6 Å². The molecule has 1 saturated heterocycles. The number of thiazole rings is 1. The number of alkyl halides is 3. The van der Waals surface area contributed by atoms with Crippen LogP contribution in [0.2, 0.25) is 0 Å². The number of anilines is 2. The van der Waals surface area contributed by atoms with Gasteiger partial charge in [0.1, 0.15) is 10.7 Å². The number of aromatic nitrogens is 3. The first kappa shape index (κ1) is 14.1. The summed E-state index contributed by atoms with van der Waals surface area (Å²) in [6.07, 6.45) is 1.49. The third-order valence-electron chi connectivity index (χ3n) is 3.20. The van der Waals surface area contributed by atoms with Crippen LogP contribution < -0.4 is 9.80 Å². The summed E-state index contributed by atoms with van der Waals surface area (Å²) in [5, 5.41) is 0.418. The van der Waals surface area contributed by atoms with Crippen molar-refractivity contribution < 1.29 is 13.2 Å². The predicted octanol–water partition coefficient (Wildman–Crippen LogP) is 2.28. The van der Waals surface area contributed by atoms with Gasteiger partial charge in [-0.25, -0.2) is 9.97 Å². The first-order valence-electron chi connectivity index (χ1n) is 6.33. The average Bonchev–Trinajstić information content (AvgIpc) is 2.98. The Hall–Kier alpha value is -1.90. The maximum Gasteiger partial charge on any atom is 0.427 e. The van der Waals surface area contributed by atoms with Crippen LogP contribution in [-0.4, -0.2) is 41.1 Å². The third-order valence-corrected chi connectivity index (χ3v) is 4.30. The molecule has 1 aliphatic rings. The molecule has 112 valence electrons. The number of hydrogen-bond acceptors (Lipinski definition) is 6. The fraction of sp³-hybridized carbons (Fsp3) is 0.417. The van der Waals surface area contributed by atoms with E-state index < -0.39 is 11.1 Å². The van der Waals surface area contributed by atoms with E-state index in [2.05, 4.69) is 19.9 Å². The van der Waals surface area contributed by atoms with Crippen molar-refractivity contribution in [3.63, 3.8) is 0 Å². The Morgan fingerprint density at radius 3 is 2.24 bits per heavy atom. The number of halogens is 3. The Balaban J connectivity index is 1.65. The minimum absolute atomic E-state index is 0.418. The molecule has 0 aromatic carbocycles. The molecule has 3 rings (SSSR count). The molecule has 5 nitrogen and oxygen atoms in total. The van der Waals surface area contributed by atoms with Crippen LogP contribution >= 0.6 is 11.3 Å². The van der Waals surface area contributed by atoms with E-state index in [1.165, 1.54) is 0 Å². The summed E-state index contributed by atoms with van der Waals surface area (Å²) in [6, 6.07) is 0. The highest BCUT2D eigenvalue weighted by Gasteiger charge is 2.34. The van der Waals surface area contributed by atoms with Gasteiger partial charge in [0.2, 0.25) is 0 Å². The summed E-state index contributed by atoms with van der Waals surface area (Å²) in [4.78, 5) is 15.4. The Labute approximate surface area is 123 Å². The van der Waals surface area contributed by atoms with Crippen molar-refractivity contribution in [1.29, 1.82) is 0 Å². The molecule has 0 radical (unpaired) electrons. The van der Waals surface area contributed by atoms with Gasteiger partial charge in [-0.15, -0.1) is 0 Å². The van der Waals surface area contributed by atoms with Gasteiger partial charge in [0.25, 0.3) is 0 Å². The number of rotatable bonds is 2. The summed E-state index contributed by atoms with van der Waals surface area (Å²) < 4.78 is 37.7. The fourth-order valence-electron chi connectivity index (χ4n) is 2.12. The van der Waals surface area contributed by atoms with Crippen molar-refractivity contribution >= 4 is 22.3 Å². The number of hydrogen-bond donors (Lipinski definition) is 0. The van der Waals surface area contributed by atoms with Crippen molar-refractivity contribution in [2.24, 2.45) is 0 Å². The van der Waals surface area contributed by atoms with Gasteiger partial charge in [0, 0.05) is 38.6 Å². The minimum atomic E-state index is -4.32. The highest BCUT2D eigenvalue weighted by atomic mass is 32.1. The van der Waals surface area contributed by atoms with E-state index in [-0.39, 0.29) is 0 Å². The molecule has 0 amide bonds. The first-order valence-corrected chi connectivity index (χ1v) is 7.14. The van der Waals surface area contributed by atoms with Gasteiger partial charge in [0.05, 0.1) is 12.4 Å². The van der Waals surface area contributed by atoms with Gasteiger partial charge < -0.3 is 9.80 Å². The van der Waals surface area contributed by atoms with Crippen LogP contribution in [0.1, 0.15) is 4.88 Å². The van der Waals surface area contributed by atoms with Gasteiger partial charge in [-0.05, 0) is 0 Å². The van der Waals surface area contributed by atoms with E-state index in [1.54, 1.807) is 18.6 Å². The second kappa shape index (κ2) is 5.47. The quantitative estimate of drug-likeness (QED) is 0.851. The summed E-state index contributed by atoms with van der Waals surface area (Å²) in [6.45, 7) is 2.59. The summed E-state index contributed by atoms with van der Waals surface area (Å²) in [5.74, 6) is 0.785. The normalized spacial score (nSPS) is 16.3. The molecule has 0 unspecified atom stereocenters. The van der Waals surface area contributed by atoms with Gasteiger partial charge in [-0.2, -0.15) is 13.2 Å². The first-order chi connectivity index (χ1) is 10.0. The SMILES string of the molecule is FC(F)(F)c1cnc(N2CCN(c3cnccn3)CC2)s1. The molecule has 1 aliphatic heterocycles. The Morgan fingerprint density at radius 2 is 1.67 bits per heavy atom. The van der Waals surface area contributed by atoms with E-state index in [4.69, 9.17) is 0 Å². The summed E-state index contributed by atoms with van der Waals surface area (Å²) >= 11 is 0.687. The van der Waals surface area contributed by atoms with Crippen molar-refractivity contribution in [3.8, 4) is 0 Å². The largest absolute Gasteiger partial charge is 0.427 e. The van der Waals surface area contributed by atoms with Gasteiger partial charge in [-0.3, -0.25) is 4.98 Å². The number of piperazine rings is 1. The Bertz CT molecular complexity index is 592. The summed E-state index contributed by atoms with van der Waals surface area (Å²) in [7, 11) is 0. The lowest BCUT2D eigenvalue weighted by Crippen LogP contribution is -2.46. The van der Waals surface area contributed by atoms with Crippen molar-refractivity contribution in [2.75, 3.05) is 36.0 Å². The zero-order chi connectivity index (χ0) is 14.9. The fourth-order valence-corrected chi connectivity index (χ4v) is 2.96. The Morgan fingerprint density at radius 1 is 0.952 bits per heavy atom. The molecule has 0 bridgehead atoms. The maximum atomic E-state index is 12.6. The molecule has 0 aliphatic carbocycles. The molecule has 2 aromatic heterocycles. The lowest BCUT2D eigenvalue weighted by atomic mass is 10.3. The van der Waals surface area contributed by atoms with Crippen LogP contribution in [0.5, 0.6) is 0 Å². The van der Waals surface area contributed by atoms with Crippen LogP contribution in [0.4, 0.5) is 24.1 Å². The van der Waals surface area contributed by atoms with Gasteiger partial charge in [0.15, 0.2) is 5.13 Å². The van der Waals surface area contributed by atoms with Crippen LogP contribution in [0.3, 0.4) is 0 Å². The molecule has 21 heavy (non-hydrogen) atoms. The lowest BCUT2D eigenvalue weighted by Gasteiger charge is -2.34. The van der Waals surface area contributed by atoms with E-state index in [0.717, 1.165) is 12.0 Å². The smallest absolute Gasteiger partial charge is 0.352 e. The topological polar surface area (TPSA) is 45.2 Å². The molecule has 0 saturated carbocycles. The highest BCUT2D eigenvalue weighted by Crippen LogP contribution is 2.36. The molecule has 0 N–H and O–H groups in total. The highest BCUT2D eigenvalue weighted by molar-refractivity contribution is 7.15. The zero-order valence-electron chi connectivity index (χ0n) is 10.9. The van der Waals surface area contributed by atoms with Crippen LogP contribution in [0.25, 0.3) is 0 Å². The number of nitrogens with zero attached hydrogens (tertiary/aromatic N) is 5. The summed E-state index contributed by atoms with van der Waals surface area (Å²) in [5.41, 5.74) is 0. The van der Waals surface area contributed by atoms with Crippen molar-refractivity contribution in [2.45, 2.75) is 6.18 Å². The molecular weight excluding hydrogens is 303 g/mol. The van der Waals surface area contributed by atoms with Crippen molar-refractivity contribution in [1.82, 2.24) is 15.0 Å². The third kappa shape index (κ3) is 3.07. The second-order valence-corrected chi connectivity index (χ2v) is 5.55. The maximum absolute atomic E-state index is 12.6. The predicted molar refractivity (Wildman–Crippen MR) is 73.6 cm³/mol. The Kier molecular flexibility index (Phi) is 3.66. The van der Waals surface area contributed by atoms with Crippen LogP contribution in [0.15, 0.2) is 24.8 Å². The molecule has 1 fully saturated rings. The molecule has 3 heterocycles. The van der Waals surface area contributed by atoms with E-state index >= 15 is 0 Å². The van der Waals surface area contributed by atoms with E-state index in [9.17, 15) is 13.2 Å². The average molecular weight is 315 g/mol. The van der Waals surface area contributed by atoms with Gasteiger partial charge in [-0.1, -0.05) is 11.3 Å². The molecular formula is C12H12F3N5S. The molecule has 9 heteroatoms. The zero-order valence-corrected chi connectivity index (χ0v) is 11.7. The molecule has 0 atom stereocenters. The monoisotopic (exact) mass is 315 g/mol. The lowest BCUT2D eigenvalue weighted by molar-refractivity contribution is -0.134. The van der Waals surface area contributed by atoms with Gasteiger partial charge >= 0.3 is 6.18 Å². The second-order valence-electron chi connectivity index (χ2n) is 4.54. The molecule has 2 aromatic rings. The van der Waals surface area contributed by atoms with Crippen molar-refractivity contribution in [3.05, 3.63) is 29.7 Å². The standard InChI is InChI=1S/C12H12F3N5S/c13-12(14,15)9-7-18-11(21-9)20-5-3-19(4-6-20)10-8-16-1-2-17-10/h1-2,7-8H,3-6H2. The minimum Gasteiger partial charge on any atom is -0.352 e. The molecule has 0 spiro atoms. The van der Waals surface area contributed by atoms with Crippen LogP contribution in [0, 0.1) is 0 Å². The van der Waals surface area contributed by atoms with Crippen LogP contribution in [-0.2, 0) is 6.18 Å².